The summed E-state index contributed by atoms with van der Waals surface area (Å²) in [5, 5.41) is 0. The van der Waals surface area contributed by atoms with Crippen molar-refractivity contribution in [2.24, 2.45) is 0 Å². The summed E-state index contributed by atoms with van der Waals surface area (Å²) < 4.78 is 34.6. The molecule has 0 heterocycles. The first-order valence-electron chi connectivity index (χ1n) is 14.6. The quantitative estimate of drug-likeness (QED) is 0.153. The molecule has 0 amide bonds. The highest BCUT2D eigenvalue weighted by molar-refractivity contribution is 6.61. The number of hydrogen-bond donors (Lipinski definition) is 0. The fraction of sp³-hybridized carbons (Fsp3) is 0.857. The molecule has 1 unspecified atom stereocenters. The van der Waals surface area contributed by atoms with E-state index in [0.29, 0.717) is 33.0 Å². The van der Waals surface area contributed by atoms with E-state index in [1.54, 1.807) is 0 Å². The average molecular weight is 547 g/mol. The highest BCUT2D eigenvalue weighted by Crippen LogP contribution is 2.26. The lowest BCUT2D eigenvalue weighted by atomic mass is 9.96. The first-order valence-corrected chi connectivity index (χ1v) is 18.5. The van der Waals surface area contributed by atoms with E-state index in [1.807, 2.05) is 41.5 Å². The maximum absolute atomic E-state index is 6.23. The molecule has 0 aromatic carbocycles. The number of hydrogen-bond acceptors (Lipinski definition) is 6. The van der Waals surface area contributed by atoms with Gasteiger partial charge >= 0.3 is 17.6 Å². The second-order valence-electron chi connectivity index (χ2n) is 8.78. The van der Waals surface area contributed by atoms with Gasteiger partial charge in [0.25, 0.3) is 0 Å². The van der Waals surface area contributed by atoms with E-state index in [9.17, 15) is 0 Å². The van der Waals surface area contributed by atoms with Crippen molar-refractivity contribution < 1.29 is 26.6 Å². The van der Waals surface area contributed by atoms with E-state index in [1.165, 1.54) is 50.5 Å². The van der Waals surface area contributed by atoms with Crippen molar-refractivity contribution in [2.75, 3.05) is 33.0 Å². The largest absolute Gasteiger partial charge is 0.501 e. The van der Waals surface area contributed by atoms with Crippen molar-refractivity contribution in [3.8, 4) is 0 Å². The summed E-state index contributed by atoms with van der Waals surface area (Å²) in [7, 11) is -4.73. The van der Waals surface area contributed by atoms with Crippen LogP contribution in [0.3, 0.4) is 0 Å². The van der Waals surface area contributed by atoms with Crippen LogP contribution in [-0.2, 0) is 26.6 Å². The van der Waals surface area contributed by atoms with Gasteiger partial charge in [-0.1, -0.05) is 32.1 Å². The van der Waals surface area contributed by atoms with Gasteiger partial charge in [-0.05, 0) is 98.5 Å². The first-order chi connectivity index (χ1) is 17.4. The lowest BCUT2D eigenvalue weighted by molar-refractivity contribution is 0.0488. The lowest BCUT2D eigenvalue weighted by Crippen LogP contribution is -2.47. The van der Waals surface area contributed by atoms with E-state index in [0.717, 1.165) is 18.5 Å². The van der Waals surface area contributed by atoms with E-state index >= 15 is 0 Å². The van der Waals surface area contributed by atoms with Gasteiger partial charge in [-0.25, -0.2) is 0 Å². The predicted octanol–water partition coefficient (Wildman–Crippen LogP) is 8.10. The van der Waals surface area contributed by atoms with Crippen molar-refractivity contribution >= 4 is 17.6 Å². The topological polar surface area (TPSA) is 55.4 Å². The van der Waals surface area contributed by atoms with Crippen molar-refractivity contribution in [1.82, 2.24) is 0 Å². The molecule has 0 fully saturated rings. The van der Waals surface area contributed by atoms with Crippen LogP contribution >= 0.6 is 0 Å². The zero-order valence-corrected chi connectivity index (χ0v) is 26.9. The number of allylic oxidation sites excluding steroid dienone is 3. The summed E-state index contributed by atoms with van der Waals surface area (Å²) in [6.45, 7) is 19.5. The van der Waals surface area contributed by atoms with Crippen LogP contribution in [0.5, 0.6) is 0 Å². The minimum atomic E-state index is -2.46. The summed E-state index contributed by atoms with van der Waals surface area (Å²) in [5.74, 6) is 0. The van der Waals surface area contributed by atoms with Crippen LogP contribution in [0, 0.1) is 0 Å². The first kappa shape index (κ1) is 35.7. The zero-order chi connectivity index (χ0) is 27.1. The van der Waals surface area contributed by atoms with Gasteiger partial charge in [0.2, 0.25) is 0 Å². The predicted molar refractivity (Wildman–Crippen MR) is 155 cm³/mol. The Labute approximate surface area is 225 Å². The molecule has 0 N–H and O–H groups in total. The Morgan fingerprint density at radius 2 is 1.03 bits per heavy atom. The maximum Gasteiger partial charge on any atom is 0.501 e. The molecule has 214 valence electrons. The third kappa shape index (κ3) is 15.2. The Kier molecular flexibility index (Phi) is 22.4. The van der Waals surface area contributed by atoms with Gasteiger partial charge in [0.1, 0.15) is 0 Å². The molecule has 0 radical (unpaired) electrons. The van der Waals surface area contributed by atoms with Crippen LogP contribution < -0.4 is 0 Å². The van der Waals surface area contributed by atoms with E-state index in [-0.39, 0.29) is 6.10 Å². The zero-order valence-electron chi connectivity index (χ0n) is 24.9. The second-order valence-corrected chi connectivity index (χ2v) is 14.6. The molecule has 8 heteroatoms. The summed E-state index contributed by atoms with van der Waals surface area (Å²) >= 11 is 0. The molecular formula is C28H58O6Si2. The summed E-state index contributed by atoms with van der Waals surface area (Å²) in [6, 6.07) is 1.69. The maximum atomic E-state index is 6.23. The Morgan fingerprint density at radius 3 is 1.33 bits per heavy atom. The molecule has 0 aromatic heterocycles. The van der Waals surface area contributed by atoms with Crippen LogP contribution in [0.2, 0.25) is 12.1 Å². The molecule has 0 spiro atoms. The van der Waals surface area contributed by atoms with Gasteiger partial charge in [0, 0.05) is 45.1 Å². The molecule has 6 nitrogen and oxygen atoms in total. The van der Waals surface area contributed by atoms with Gasteiger partial charge in [0.15, 0.2) is 0 Å². The fourth-order valence-electron chi connectivity index (χ4n) is 4.27. The van der Waals surface area contributed by atoms with E-state index in [4.69, 9.17) is 26.6 Å². The Hall–Kier alpha value is -0.326. The van der Waals surface area contributed by atoms with E-state index < -0.39 is 17.6 Å². The van der Waals surface area contributed by atoms with Crippen molar-refractivity contribution in [1.29, 1.82) is 0 Å². The third-order valence-electron chi connectivity index (χ3n) is 6.05. The lowest BCUT2D eigenvalue weighted by Gasteiger charge is -2.32. The van der Waals surface area contributed by atoms with Crippen LogP contribution in [-0.4, -0.2) is 56.7 Å². The van der Waals surface area contributed by atoms with Gasteiger partial charge in [0.05, 0.1) is 6.10 Å². The molecule has 0 bridgehead atoms. The molecule has 0 aliphatic heterocycles. The molecule has 0 aromatic rings. The number of rotatable bonds is 15. The van der Waals surface area contributed by atoms with Gasteiger partial charge in [-0.15, -0.1) is 0 Å². The van der Waals surface area contributed by atoms with Gasteiger partial charge in [-0.3, -0.25) is 0 Å². The molecule has 2 aliphatic carbocycles. The molecule has 0 saturated carbocycles. The minimum Gasteiger partial charge on any atom is -0.374 e. The van der Waals surface area contributed by atoms with Gasteiger partial charge < -0.3 is 26.6 Å². The average Bonchev–Trinajstić information content (AvgIpc) is 2.91. The van der Waals surface area contributed by atoms with Crippen molar-refractivity contribution in [2.45, 2.75) is 125 Å². The van der Waals surface area contributed by atoms with Gasteiger partial charge in [-0.2, -0.15) is 0 Å². The third-order valence-corrected chi connectivity index (χ3v) is 12.1. The SMILES string of the molecule is C1=CCCCC1.CCO[Si](CC)(OCC)OC(C)C1=CCCCC1.CCO[Si](CC)(OCC)OCC. The summed E-state index contributed by atoms with van der Waals surface area (Å²) in [6.07, 6.45) is 17.4. The van der Waals surface area contributed by atoms with Crippen LogP contribution in [0.1, 0.15) is 107 Å². The normalized spacial score (nSPS) is 16.8. The van der Waals surface area contributed by atoms with Crippen molar-refractivity contribution in [3.05, 3.63) is 23.8 Å². The summed E-state index contributed by atoms with van der Waals surface area (Å²) in [4.78, 5) is 0. The highest BCUT2D eigenvalue weighted by atomic mass is 28.4. The Morgan fingerprint density at radius 1 is 0.611 bits per heavy atom. The monoisotopic (exact) mass is 546 g/mol. The van der Waals surface area contributed by atoms with E-state index in [2.05, 4.69) is 32.1 Å². The van der Waals surface area contributed by atoms with Crippen LogP contribution in [0.25, 0.3) is 0 Å². The molecular weight excluding hydrogens is 488 g/mol. The summed E-state index contributed by atoms with van der Waals surface area (Å²) in [5.41, 5.74) is 1.42. The molecule has 0 saturated heterocycles. The highest BCUT2D eigenvalue weighted by Gasteiger charge is 2.41. The van der Waals surface area contributed by atoms with Crippen molar-refractivity contribution in [3.63, 3.8) is 0 Å². The molecule has 36 heavy (non-hydrogen) atoms. The molecule has 2 aliphatic rings. The smallest absolute Gasteiger partial charge is 0.374 e. The minimum absolute atomic E-state index is 0.134. The Balaban J connectivity index is 0.000000580. The second kappa shape index (κ2) is 22.6. The molecule has 1 atom stereocenters. The standard InChI is InChI=1S/C14H28O3Si.C8H20O3Si.C6H10/c1-5-15-18(7-3,16-6-2)17-13(4)14-11-9-8-10-12-14;1-5-9-12(8-4,10-6-2)11-7-3;1-2-4-6-5-3-1/h11,13H,5-10,12H2,1-4H3;5-8H2,1-4H3;1-2H,3-6H2. The molecule has 2 rings (SSSR count). The van der Waals surface area contributed by atoms with Crippen LogP contribution in [0.4, 0.5) is 0 Å². The Bertz CT molecular complexity index is 539. The fourth-order valence-corrected chi connectivity index (χ4v) is 8.81. The van der Waals surface area contributed by atoms with Crippen LogP contribution in [0.15, 0.2) is 23.8 Å².